The van der Waals surface area contributed by atoms with Crippen molar-refractivity contribution in [3.05, 3.63) is 43.5 Å². The van der Waals surface area contributed by atoms with E-state index in [1.54, 1.807) is 18.2 Å². The van der Waals surface area contributed by atoms with E-state index < -0.39 is 0 Å². The second-order valence-corrected chi connectivity index (χ2v) is 5.32. The van der Waals surface area contributed by atoms with E-state index in [1.165, 1.54) is 4.57 Å². The summed E-state index contributed by atoms with van der Waals surface area (Å²) in [6, 6.07) is 5.27. The fraction of sp³-hybridized carbons (Fsp3) is 0.333. The first kappa shape index (κ1) is 11.7. The first-order valence-electron chi connectivity index (χ1n) is 5.84. The van der Waals surface area contributed by atoms with Crippen LogP contribution in [0.1, 0.15) is 19.0 Å². The van der Waals surface area contributed by atoms with Gasteiger partial charge in [0, 0.05) is 4.47 Å². The molecule has 0 bridgehead atoms. The summed E-state index contributed by atoms with van der Waals surface area (Å²) in [4.78, 5) is 27.1. The molecule has 1 aromatic carbocycles. The zero-order valence-corrected chi connectivity index (χ0v) is 11.2. The minimum atomic E-state index is -0.356. The molecule has 18 heavy (non-hydrogen) atoms. The molecule has 1 aromatic heterocycles. The Kier molecular flexibility index (Phi) is 2.83. The maximum atomic E-state index is 12.3. The molecule has 1 fully saturated rings. The van der Waals surface area contributed by atoms with Crippen LogP contribution in [0.2, 0.25) is 0 Å². The SMILES string of the molecule is O=c1[nH]c2cc(Br)ccc2c(=O)n1C1CCCN1. The fourth-order valence-corrected chi connectivity index (χ4v) is 2.73. The average Bonchev–Trinajstić information content (AvgIpc) is 2.82. The lowest BCUT2D eigenvalue weighted by Gasteiger charge is -2.13. The van der Waals surface area contributed by atoms with Crippen molar-refractivity contribution in [1.82, 2.24) is 14.9 Å². The fourth-order valence-electron chi connectivity index (χ4n) is 2.37. The maximum absolute atomic E-state index is 12.3. The molecule has 2 heterocycles. The van der Waals surface area contributed by atoms with Crippen LogP contribution >= 0.6 is 15.9 Å². The van der Waals surface area contributed by atoms with Crippen molar-refractivity contribution < 1.29 is 0 Å². The van der Waals surface area contributed by atoms with E-state index in [2.05, 4.69) is 26.2 Å². The molecule has 1 unspecified atom stereocenters. The number of rotatable bonds is 1. The largest absolute Gasteiger partial charge is 0.330 e. The van der Waals surface area contributed by atoms with Crippen LogP contribution in [-0.4, -0.2) is 16.1 Å². The summed E-state index contributed by atoms with van der Waals surface area (Å²) in [5.41, 5.74) is -0.0285. The van der Waals surface area contributed by atoms with Crippen LogP contribution in [0.4, 0.5) is 0 Å². The van der Waals surface area contributed by atoms with Crippen molar-refractivity contribution in [2.24, 2.45) is 0 Å². The summed E-state index contributed by atoms with van der Waals surface area (Å²) in [5, 5.41) is 3.70. The normalized spacial score (nSPS) is 19.5. The smallest absolute Gasteiger partial charge is 0.307 e. The lowest BCUT2D eigenvalue weighted by molar-refractivity contribution is 0.439. The molecule has 3 rings (SSSR count). The Morgan fingerprint density at radius 3 is 2.89 bits per heavy atom. The monoisotopic (exact) mass is 309 g/mol. The van der Waals surface area contributed by atoms with Crippen molar-refractivity contribution in [3.8, 4) is 0 Å². The molecular formula is C12H12BrN3O2. The van der Waals surface area contributed by atoms with Crippen molar-refractivity contribution in [3.63, 3.8) is 0 Å². The lowest BCUT2D eigenvalue weighted by Crippen LogP contribution is -2.41. The maximum Gasteiger partial charge on any atom is 0.330 e. The van der Waals surface area contributed by atoms with Crippen LogP contribution in [0.3, 0.4) is 0 Å². The number of aromatic nitrogens is 2. The number of nitrogens with one attached hydrogen (secondary N) is 2. The molecule has 1 atom stereocenters. The third-order valence-electron chi connectivity index (χ3n) is 3.24. The van der Waals surface area contributed by atoms with Crippen molar-refractivity contribution >= 4 is 26.8 Å². The van der Waals surface area contributed by atoms with Crippen LogP contribution in [0.5, 0.6) is 0 Å². The van der Waals surface area contributed by atoms with Crippen molar-refractivity contribution in [2.45, 2.75) is 19.0 Å². The third kappa shape index (κ3) is 1.81. The Morgan fingerprint density at radius 2 is 2.17 bits per heavy atom. The van der Waals surface area contributed by atoms with Gasteiger partial charge in [0.1, 0.15) is 0 Å². The van der Waals surface area contributed by atoms with Gasteiger partial charge in [-0.05, 0) is 37.6 Å². The Balaban J connectivity index is 2.30. The third-order valence-corrected chi connectivity index (χ3v) is 3.73. The summed E-state index contributed by atoms with van der Waals surface area (Å²) < 4.78 is 2.12. The summed E-state index contributed by atoms with van der Waals surface area (Å²) >= 11 is 3.32. The van der Waals surface area contributed by atoms with Gasteiger partial charge in [0.15, 0.2) is 0 Å². The van der Waals surface area contributed by atoms with E-state index in [9.17, 15) is 9.59 Å². The highest BCUT2D eigenvalue weighted by molar-refractivity contribution is 9.10. The zero-order chi connectivity index (χ0) is 12.7. The molecule has 0 radical (unpaired) electrons. The number of hydrogen-bond donors (Lipinski definition) is 2. The van der Waals surface area contributed by atoms with E-state index >= 15 is 0 Å². The predicted octanol–water partition coefficient (Wildman–Crippen LogP) is 1.33. The van der Waals surface area contributed by atoms with Gasteiger partial charge < -0.3 is 4.98 Å². The van der Waals surface area contributed by atoms with Gasteiger partial charge in [-0.2, -0.15) is 0 Å². The minimum absolute atomic E-state index is 0.186. The van der Waals surface area contributed by atoms with Gasteiger partial charge >= 0.3 is 5.69 Å². The first-order valence-corrected chi connectivity index (χ1v) is 6.63. The highest BCUT2D eigenvalue weighted by atomic mass is 79.9. The number of nitrogens with zero attached hydrogens (tertiary/aromatic N) is 1. The van der Waals surface area contributed by atoms with Gasteiger partial charge in [0.25, 0.3) is 5.56 Å². The predicted molar refractivity (Wildman–Crippen MR) is 72.8 cm³/mol. The summed E-state index contributed by atoms with van der Waals surface area (Å²) in [5.74, 6) is 0. The number of benzene rings is 1. The van der Waals surface area contributed by atoms with Crippen molar-refractivity contribution in [1.29, 1.82) is 0 Å². The molecule has 5 nitrogen and oxygen atoms in total. The second-order valence-electron chi connectivity index (χ2n) is 4.41. The zero-order valence-electron chi connectivity index (χ0n) is 9.57. The van der Waals surface area contributed by atoms with Crippen LogP contribution in [-0.2, 0) is 0 Å². The average molecular weight is 310 g/mol. The summed E-state index contributed by atoms with van der Waals surface area (Å²) in [6.07, 6.45) is 1.61. The van der Waals surface area contributed by atoms with Crippen LogP contribution in [0.15, 0.2) is 32.3 Å². The molecular weight excluding hydrogens is 298 g/mol. The van der Waals surface area contributed by atoms with Crippen LogP contribution < -0.4 is 16.6 Å². The van der Waals surface area contributed by atoms with Gasteiger partial charge in [-0.3, -0.25) is 10.1 Å². The number of halogens is 1. The highest BCUT2D eigenvalue weighted by Gasteiger charge is 2.20. The summed E-state index contributed by atoms with van der Waals surface area (Å²) in [7, 11) is 0. The first-order chi connectivity index (χ1) is 8.66. The molecule has 0 aliphatic carbocycles. The van der Waals surface area contributed by atoms with Gasteiger partial charge in [-0.1, -0.05) is 15.9 Å². The van der Waals surface area contributed by atoms with Gasteiger partial charge in [-0.25, -0.2) is 9.36 Å². The van der Waals surface area contributed by atoms with Gasteiger partial charge in [-0.15, -0.1) is 0 Å². The Bertz CT molecular complexity index is 713. The van der Waals surface area contributed by atoms with Crippen LogP contribution in [0.25, 0.3) is 10.9 Å². The molecule has 2 aromatic rings. The topological polar surface area (TPSA) is 66.9 Å². The quantitative estimate of drug-likeness (QED) is 0.835. The van der Waals surface area contributed by atoms with Crippen LogP contribution in [0, 0.1) is 0 Å². The van der Waals surface area contributed by atoms with Gasteiger partial charge in [0.2, 0.25) is 0 Å². The molecule has 0 saturated carbocycles. The number of aromatic amines is 1. The van der Waals surface area contributed by atoms with E-state index in [0.717, 1.165) is 23.9 Å². The van der Waals surface area contributed by atoms with E-state index in [-0.39, 0.29) is 17.4 Å². The standard InChI is InChI=1S/C12H12BrN3O2/c13-7-3-4-8-9(6-7)15-12(18)16(11(8)17)10-2-1-5-14-10/h3-4,6,10,14H,1-2,5H2,(H,15,18). The Hall–Kier alpha value is -1.40. The van der Waals surface area contributed by atoms with E-state index in [0.29, 0.717) is 10.9 Å². The molecule has 1 aliphatic rings. The highest BCUT2D eigenvalue weighted by Crippen LogP contribution is 2.16. The lowest BCUT2D eigenvalue weighted by atomic mass is 10.2. The molecule has 0 spiro atoms. The molecule has 2 N–H and O–H groups in total. The number of hydrogen-bond acceptors (Lipinski definition) is 3. The molecule has 1 saturated heterocycles. The van der Waals surface area contributed by atoms with Crippen molar-refractivity contribution in [2.75, 3.05) is 6.54 Å². The minimum Gasteiger partial charge on any atom is -0.307 e. The van der Waals surface area contributed by atoms with E-state index in [1.807, 2.05) is 0 Å². The molecule has 0 amide bonds. The molecule has 94 valence electrons. The Morgan fingerprint density at radius 1 is 1.33 bits per heavy atom. The van der Waals surface area contributed by atoms with Gasteiger partial charge in [0.05, 0.1) is 17.1 Å². The number of fused-ring (bicyclic) bond motifs is 1. The summed E-state index contributed by atoms with van der Waals surface area (Å²) in [6.45, 7) is 0.842. The van der Waals surface area contributed by atoms with E-state index in [4.69, 9.17) is 0 Å². The molecule has 1 aliphatic heterocycles. The second kappa shape index (κ2) is 4.37. The molecule has 6 heteroatoms. The Labute approximate surface area is 111 Å². The number of H-pyrrole nitrogens is 1.